The molecule has 0 bridgehead atoms. The smallest absolute Gasteiger partial charge is 0.186 e. The summed E-state index contributed by atoms with van der Waals surface area (Å²) in [6.07, 6.45) is 1.17. The Labute approximate surface area is 112 Å². The fourth-order valence-electron chi connectivity index (χ4n) is 2.22. The van der Waals surface area contributed by atoms with Gasteiger partial charge in [0.25, 0.3) is 0 Å². The number of hydrogen-bond acceptors (Lipinski definition) is 6. The van der Waals surface area contributed by atoms with Gasteiger partial charge in [0.15, 0.2) is 5.13 Å². The maximum atomic E-state index is 9.33. The van der Waals surface area contributed by atoms with Crippen LogP contribution in [0.15, 0.2) is 0 Å². The van der Waals surface area contributed by atoms with Crippen LogP contribution in [-0.4, -0.2) is 55.3 Å². The zero-order valence-electron chi connectivity index (χ0n) is 11.2. The molecule has 2 heterocycles. The maximum absolute atomic E-state index is 9.33. The Balaban J connectivity index is 2.10. The first-order chi connectivity index (χ1) is 8.65. The summed E-state index contributed by atoms with van der Waals surface area (Å²) in [5.41, 5.74) is 0.869. The van der Waals surface area contributed by atoms with Crippen molar-refractivity contribution in [3.05, 3.63) is 10.6 Å². The van der Waals surface area contributed by atoms with Crippen molar-refractivity contribution in [1.82, 2.24) is 9.88 Å². The standard InChI is InChI=1S/C12H21N3O2S/c1-14(2)9-4-5-15(6-9)12-13-10(8-17-3)11(7-16)18-12/h9,16H,4-8H2,1-3H3. The lowest BCUT2D eigenvalue weighted by molar-refractivity contribution is 0.179. The molecule has 0 saturated carbocycles. The highest BCUT2D eigenvalue weighted by Gasteiger charge is 2.26. The SMILES string of the molecule is COCc1nc(N2CCC(N(C)C)C2)sc1CO. The summed E-state index contributed by atoms with van der Waals surface area (Å²) in [6.45, 7) is 2.56. The van der Waals surface area contributed by atoms with E-state index in [-0.39, 0.29) is 6.61 Å². The fraction of sp³-hybridized carbons (Fsp3) is 0.750. The molecule has 1 aliphatic heterocycles. The van der Waals surface area contributed by atoms with Crippen LogP contribution in [0, 0.1) is 0 Å². The maximum Gasteiger partial charge on any atom is 0.186 e. The molecule has 1 aliphatic rings. The lowest BCUT2D eigenvalue weighted by Crippen LogP contribution is -2.31. The van der Waals surface area contributed by atoms with Gasteiger partial charge in [0.1, 0.15) is 0 Å². The summed E-state index contributed by atoms with van der Waals surface area (Å²) >= 11 is 1.58. The molecule has 18 heavy (non-hydrogen) atoms. The zero-order valence-corrected chi connectivity index (χ0v) is 12.0. The van der Waals surface area contributed by atoms with Crippen molar-refractivity contribution in [2.75, 3.05) is 39.2 Å². The quantitative estimate of drug-likeness (QED) is 0.863. The van der Waals surface area contributed by atoms with Gasteiger partial charge >= 0.3 is 0 Å². The van der Waals surface area contributed by atoms with E-state index in [0.29, 0.717) is 12.6 Å². The van der Waals surface area contributed by atoms with Crippen molar-refractivity contribution in [3.63, 3.8) is 0 Å². The van der Waals surface area contributed by atoms with Gasteiger partial charge in [-0.3, -0.25) is 0 Å². The molecule has 0 radical (unpaired) electrons. The van der Waals surface area contributed by atoms with E-state index in [1.807, 2.05) is 0 Å². The largest absolute Gasteiger partial charge is 0.391 e. The van der Waals surface area contributed by atoms with Crippen LogP contribution in [0.4, 0.5) is 5.13 Å². The van der Waals surface area contributed by atoms with Gasteiger partial charge in [-0.15, -0.1) is 0 Å². The van der Waals surface area contributed by atoms with Crippen molar-refractivity contribution in [2.45, 2.75) is 25.7 Å². The summed E-state index contributed by atoms with van der Waals surface area (Å²) < 4.78 is 5.11. The first kappa shape index (κ1) is 13.7. The van der Waals surface area contributed by atoms with E-state index in [1.54, 1.807) is 18.4 Å². The number of aromatic nitrogens is 1. The summed E-state index contributed by atoms with van der Waals surface area (Å²) in [5, 5.41) is 10.3. The third-order valence-corrected chi connectivity index (χ3v) is 4.50. The normalized spacial score (nSPS) is 20.1. The average Bonchev–Trinajstić information content (AvgIpc) is 2.94. The van der Waals surface area contributed by atoms with E-state index < -0.39 is 0 Å². The first-order valence-corrected chi connectivity index (χ1v) is 6.97. The summed E-state index contributed by atoms with van der Waals surface area (Å²) in [5.74, 6) is 0. The molecule has 1 saturated heterocycles. The molecule has 2 rings (SSSR count). The second kappa shape index (κ2) is 5.97. The van der Waals surface area contributed by atoms with Gasteiger partial charge < -0.3 is 19.6 Å². The molecule has 1 atom stereocenters. The van der Waals surface area contributed by atoms with E-state index in [1.165, 1.54) is 6.42 Å². The highest BCUT2D eigenvalue weighted by Crippen LogP contribution is 2.30. The summed E-state index contributed by atoms with van der Waals surface area (Å²) in [4.78, 5) is 10.1. The third-order valence-electron chi connectivity index (χ3n) is 3.36. The Kier molecular flexibility index (Phi) is 4.55. The van der Waals surface area contributed by atoms with Gasteiger partial charge in [-0.05, 0) is 20.5 Å². The number of hydrogen-bond donors (Lipinski definition) is 1. The second-order valence-corrected chi connectivity index (χ2v) is 5.87. The molecule has 1 aromatic heterocycles. The highest BCUT2D eigenvalue weighted by molar-refractivity contribution is 7.15. The number of thiazole rings is 1. The van der Waals surface area contributed by atoms with Crippen LogP contribution >= 0.6 is 11.3 Å². The van der Waals surface area contributed by atoms with Crippen molar-refractivity contribution < 1.29 is 9.84 Å². The molecule has 5 nitrogen and oxygen atoms in total. The minimum atomic E-state index is 0.0430. The Morgan fingerprint density at radius 3 is 2.89 bits per heavy atom. The third kappa shape index (κ3) is 2.83. The van der Waals surface area contributed by atoms with Gasteiger partial charge in [-0.25, -0.2) is 4.98 Å². The number of ether oxygens (including phenoxy) is 1. The van der Waals surface area contributed by atoms with Crippen LogP contribution in [0.1, 0.15) is 17.0 Å². The molecule has 6 heteroatoms. The molecular formula is C12H21N3O2S. The molecule has 0 aliphatic carbocycles. The molecule has 1 N–H and O–H groups in total. The molecule has 1 fully saturated rings. The number of nitrogens with zero attached hydrogens (tertiary/aromatic N) is 3. The first-order valence-electron chi connectivity index (χ1n) is 6.15. The van der Waals surface area contributed by atoms with Crippen molar-refractivity contribution >= 4 is 16.5 Å². The number of aliphatic hydroxyl groups is 1. The molecule has 1 unspecified atom stereocenters. The molecule has 102 valence electrons. The Bertz CT molecular complexity index is 395. The van der Waals surface area contributed by atoms with Gasteiger partial charge in [-0.1, -0.05) is 11.3 Å². The predicted octanol–water partition coefficient (Wildman–Crippen LogP) is 0.922. The zero-order chi connectivity index (χ0) is 13.1. The molecule has 0 amide bonds. The fourth-order valence-corrected chi connectivity index (χ4v) is 3.17. The van der Waals surface area contributed by atoms with E-state index in [2.05, 4.69) is 28.9 Å². The van der Waals surface area contributed by atoms with Crippen molar-refractivity contribution in [3.8, 4) is 0 Å². The summed E-state index contributed by atoms with van der Waals surface area (Å²) in [6, 6.07) is 0.595. The number of anilines is 1. The highest BCUT2D eigenvalue weighted by atomic mass is 32.1. The lowest BCUT2D eigenvalue weighted by atomic mass is 10.2. The molecule has 0 aromatic carbocycles. The topological polar surface area (TPSA) is 48.8 Å². The monoisotopic (exact) mass is 271 g/mol. The Morgan fingerprint density at radius 1 is 1.56 bits per heavy atom. The van der Waals surface area contributed by atoms with Gasteiger partial charge in [0.05, 0.1) is 23.8 Å². The second-order valence-electron chi connectivity index (χ2n) is 4.81. The van der Waals surface area contributed by atoms with Gasteiger partial charge in [0.2, 0.25) is 0 Å². The van der Waals surface area contributed by atoms with E-state index in [4.69, 9.17) is 4.74 Å². The number of rotatable bonds is 5. The predicted molar refractivity (Wildman–Crippen MR) is 73.1 cm³/mol. The van der Waals surface area contributed by atoms with Gasteiger partial charge in [0, 0.05) is 26.2 Å². The molecule has 1 aromatic rings. The number of aliphatic hydroxyl groups excluding tert-OH is 1. The number of likely N-dealkylation sites (N-methyl/N-ethyl adjacent to an activating group) is 1. The van der Waals surface area contributed by atoms with Crippen molar-refractivity contribution in [2.24, 2.45) is 0 Å². The Hall–Kier alpha value is -0.690. The minimum absolute atomic E-state index is 0.0430. The lowest BCUT2D eigenvalue weighted by Gasteiger charge is -2.19. The Morgan fingerprint density at radius 2 is 2.33 bits per heavy atom. The van der Waals surface area contributed by atoms with Gasteiger partial charge in [-0.2, -0.15) is 0 Å². The van der Waals surface area contributed by atoms with E-state index >= 15 is 0 Å². The van der Waals surface area contributed by atoms with Crippen LogP contribution in [0.5, 0.6) is 0 Å². The van der Waals surface area contributed by atoms with Crippen LogP contribution in [0.25, 0.3) is 0 Å². The van der Waals surface area contributed by atoms with E-state index in [9.17, 15) is 5.11 Å². The van der Waals surface area contributed by atoms with Crippen LogP contribution < -0.4 is 4.90 Å². The molecule has 0 spiro atoms. The van der Waals surface area contributed by atoms with Crippen LogP contribution in [0.2, 0.25) is 0 Å². The van der Waals surface area contributed by atoms with Crippen molar-refractivity contribution in [1.29, 1.82) is 0 Å². The average molecular weight is 271 g/mol. The van der Waals surface area contributed by atoms with Crippen LogP contribution in [-0.2, 0) is 18.0 Å². The molecular weight excluding hydrogens is 250 g/mol. The van der Waals surface area contributed by atoms with E-state index in [0.717, 1.165) is 28.8 Å². The minimum Gasteiger partial charge on any atom is -0.391 e. The van der Waals surface area contributed by atoms with Crippen LogP contribution in [0.3, 0.4) is 0 Å². The number of methoxy groups -OCH3 is 1. The summed E-state index contributed by atoms with van der Waals surface area (Å²) in [7, 11) is 5.88.